The molecular formula is C22H26N4O2S. The number of hydrogen-bond acceptors (Lipinski definition) is 5. The molecule has 1 N–H and O–H groups in total. The normalized spacial score (nSPS) is 11.9. The first-order valence-corrected chi connectivity index (χ1v) is 10.4. The van der Waals surface area contributed by atoms with Gasteiger partial charge in [0.05, 0.1) is 18.0 Å². The lowest BCUT2D eigenvalue weighted by molar-refractivity contribution is -0.115. The molecule has 0 bridgehead atoms. The number of aromatic nitrogens is 3. The molecule has 7 heteroatoms. The second kappa shape index (κ2) is 9.13. The summed E-state index contributed by atoms with van der Waals surface area (Å²) in [6, 6.07) is 13.8. The number of anilines is 1. The average molecular weight is 411 g/mol. The van der Waals surface area contributed by atoms with Crippen molar-refractivity contribution < 1.29 is 9.53 Å². The lowest BCUT2D eigenvalue weighted by atomic mass is 10.1. The first-order valence-electron chi connectivity index (χ1n) is 9.56. The summed E-state index contributed by atoms with van der Waals surface area (Å²) in [7, 11) is 1.59. The Hall–Kier alpha value is -2.80. The Balaban J connectivity index is 1.79. The Morgan fingerprint density at radius 1 is 1.21 bits per heavy atom. The zero-order valence-corrected chi connectivity index (χ0v) is 18.2. The molecule has 152 valence electrons. The summed E-state index contributed by atoms with van der Waals surface area (Å²) >= 11 is 1.40. The molecule has 3 rings (SSSR count). The number of thioether (sulfide) groups is 1. The van der Waals surface area contributed by atoms with Gasteiger partial charge in [-0.25, -0.2) is 0 Å². The van der Waals surface area contributed by atoms with Crippen molar-refractivity contribution in [1.82, 2.24) is 14.8 Å². The molecular weight excluding hydrogens is 384 g/mol. The minimum Gasteiger partial charge on any atom is -0.495 e. The Morgan fingerprint density at radius 2 is 1.97 bits per heavy atom. The molecule has 0 saturated heterocycles. The van der Waals surface area contributed by atoms with Crippen LogP contribution in [-0.2, 0) is 11.3 Å². The zero-order chi connectivity index (χ0) is 21.0. The summed E-state index contributed by atoms with van der Waals surface area (Å²) in [5, 5.41) is 12.1. The van der Waals surface area contributed by atoms with E-state index < -0.39 is 0 Å². The average Bonchev–Trinajstić information content (AvgIpc) is 3.10. The SMILES string of the molecule is CCn1c(S[C@@H](C)C(=O)Nc2cc(C)ccc2OC)nnc1-c1ccccc1C. The van der Waals surface area contributed by atoms with Gasteiger partial charge in [0.25, 0.3) is 0 Å². The maximum absolute atomic E-state index is 12.8. The van der Waals surface area contributed by atoms with Crippen molar-refractivity contribution in [2.75, 3.05) is 12.4 Å². The maximum atomic E-state index is 12.8. The van der Waals surface area contributed by atoms with E-state index in [1.54, 1.807) is 7.11 Å². The van der Waals surface area contributed by atoms with Gasteiger partial charge in [0.1, 0.15) is 5.75 Å². The highest BCUT2D eigenvalue weighted by atomic mass is 32.2. The maximum Gasteiger partial charge on any atom is 0.237 e. The number of nitrogens with one attached hydrogen (secondary N) is 1. The van der Waals surface area contributed by atoms with Crippen LogP contribution in [0.5, 0.6) is 5.75 Å². The molecule has 0 aliphatic rings. The molecule has 1 aromatic heterocycles. The Morgan fingerprint density at radius 3 is 2.66 bits per heavy atom. The summed E-state index contributed by atoms with van der Waals surface area (Å²) in [6.07, 6.45) is 0. The van der Waals surface area contributed by atoms with Crippen molar-refractivity contribution in [1.29, 1.82) is 0 Å². The van der Waals surface area contributed by atoms with Crippen LogP contribution in [0.1, 0.15) is 25.0 Å². The minimum absolute atomic E-state index is 0.109. The Bertz CT molecular complexity index is 1020. The van der Waals surface area contributed by atoms with Crippen LogP contribution >= 0.6 is 11.8 Å². The minimum atomic E-state index is -0.348. The van der Waals surface area contributed by atoms with Crippen LogP contribution in [0.25, 0.3) is 11.4 Å². The highest BCUT2D eigenvalue weighted by Gasteiger charge is 2.21. The second-order valence-electron chi connectivity index (χ2n) is 6.82. The predicted molar refractivity (Wildman–Crippen MR) is 118 cm³/mol. The van der Waals surface area contributed by atoms with Crippen molar-refractivity contribution in [3.8, 4) is 17.1 Å². The van der Waals surface area contributed by atoms with E-state index in [0.29, 0.717) is 11.4 Å². The highest BCUT2D eigenvalue weighted by Crippen LogP contribution is 2.30. The van der Waals surface area contributed by atoms with Crippen molar-refractivity contribution in [3.05, 3.63) is 53.6 Å². The summed E-state index contributed by atoms with van der Waals surface area (Å²) < 4.78 is 7.40. The molecule has 3 aromatic rings. The van der Waals surface area contributed by atoms with Crippen LogP contribution in [0.2, 0.25) is 0 Å². The predicted octanol–water partition coefficient (Wildman–Crippen LogP) is 4.71. The van der Waals surface area contributed by atoms with Gasteiger partial charge >= 0.3 is 0 Å². The number of aryl methyl sites for hydroxylation is 2. The molecule has 1 heterocycles. The fourth-order valence-corrected chi connectivity index (χ4v) is 3.96. The van der Waals surface area contributed by atoms with E-state index in [4.69, 9.17) is 4.74 Å². The highest BCUT2D eigenvalue weighted by molar-refractivity contribution is 8.00. The van der Waals surface area contributed by atoms with Crippen molar-refractivity contribution in [2.24, 2.45) is 0 Å². The topological polar surface area (TPSA) is 69.0 Å². The Kier molecular flexibility index (Phi) is 6.59. The van der Waals surface area contributed by atoms with Crippen LogP contribution in [-0.4, -0.2) is 33.0 Å². The fraction of sp³-hybridized carbons (Fsp3) is 0.318. The van der Waals surface area contributed by atoms with Gasteiger partial charge in [0.15, 0.2) is 11.0 Å². The second-order valence-corrected chi connectivity index (χ2v) is 8.13. The number of nitrogens with zero attached hydrogens (tertiary/aromatic N) is 3. The van der Waals surface area contributed by atoms with Gasteiger partial charge in [-0.3, -0.25) is 4.79 Å². The lowest BCUT2D eigenvalue weighted by Crippen LogP contribution is -2.23. The van der Waals surface area contributed by atoms with Gasteiger partial charge in [0, 0.05) is 12.1 Å². The largest absolute Gasteiger partial charge is 0.495 e. The lowest BCUT2D eigenvalue weighted by Gasteiger charge is -2.15. The molecule has 6 nitrogen and oxygen atoms in total. The van der Waals surface area contributed by atoms with Crippen molar-refractivity contribution in [3.63, 3.8) is 0 Å². The summed E-state index contributed by atoms with van der Waals surface area (Å²) in [5.74, 6) is 1.35. The molecule has 29 heavy (non-hydrogen) atoms. The van der Waals surface area contributed by atoms with Crippen LogP contribution in [0.4, 0.5) is 5.69 Å². The van der Waals surface area contributed by atoms with E-state index in [0.717, 1.165) is 34.2 Å². The monoisotopic (exact) mass is 410 g/mol. The van der Waals surface area contributed by atoms with Gasteiger partial charge in [-0.2, -0.15) is 0 Å². The summed E-state index contributed by atoms with van der Waals surface area (Å²) in [5.41, 5.74) is 3.91. The molecule has 0 aliphatic heterocycles. The van der Waals surface area contributed by atoms with E-state index in [1.807, 2.05) is 54.8 Å². The summed E-state index contributed by atoms with van der Waals surface area (Å²) in [6.45, 7) is 8.67. The number of rotatable bonds is 7. The summed E-state index contributed by atoms with van der Waals surface area (Å²) in [4.78, 5) is 12.8. The molecule has 0 aliphatic carbocycles. The molecule has 0 spiro atoms. The molecule has 0 saturated carbocycles. The fourth-order valence-electron chi connectivity index (χ4n) is 3.05. The molecule has 1 atom stereocenters. The van der Waals surface area contributed by atoms with Gasteiger partial charge in [-0.15, -0.1) is 10.2 Å². The number of hydrogen-bond donors (Lipinski definition) is 1. The van der Waals surface area contributed by atoms with Gasteiger partial charge in [-0.05, 0) is 51.0 Å². The van der Waals surface area contributed by atoms with Gasteiger partial charge < -0.3 is 14.6 Å². The van der Waals surface area contributed by atoms with Gasteiger partial charge in [-0.1, -0.05) is 42.1 Å². The van der Waals surface area contributed by atoms with Gasteiger partial charge in [0.2, 0.25) is 5.91 Å². The number of ether oxygens (including phenoxy) is 1. The number of amides is 1. The third-order valence-corrected chi connectivity index (χ3v) is 5.76. The smallest absolute Gasteiger partial charge is 0.237 e. The third kappa shape index (κ3) is 4.62. The number of carbonyl (C=O) groups excluding carboxylic acids is 1. The van der Waals surface area contributed by atoms with Crippen LogP contribution in [0.3, 0.4) is 0 Å². The molecule has 0 fully saturated rings. The van der Waals surface area contributed by atoms with Crippen LogP contribution in [0.15, 0.2) is 47.6 Å². The molecule has 0 unspecified atom stereocenters. The Labute approximate surface area is 175 Å². The van der Waals surface area contributed by atoms with Crippen molar-refractivity contribution in [2.45, 2.75) is 44.6 Å². The van der Waals surface area contributed by atoms with Crippen LogP contribution in [0, 0.1) is 13.8 Å². The first-order chi connectivity index (χ1) is 13.9. The standard InChI is InChI=1S/C22H26N4O2S/c1-6-26-20(17-10-8-7-9-15(17)3)24-25-22(26)29-16(4)21(27)23-18-13-14(2)11-12-19(18)28-5/h7-13,16H,6H2,1-5H3,(H,23,27)/t16-/m0/s1. The van der Waals surface area contributed by atoms with E-state index in [1.165, 1.54) is 11.8 Å². The van der Waals surface area contributed by atoms with Crippen LogP contribution < -0.4 is 10.1 Å². The van der Waals surface area contributed by atoms with E-state index >= 15 is 0 Å². The number of carbonyl (C=O) groups is 1. The van der Waals surface area contributed by atoms with E-state index in [9.17, 15) is 4.79 Å². The van der Waals surface area contributed by atoms with Crippen molar-refractivity contribution >= 4 is 23.4 Å². The molecule has 2 aromatic carbocycles. The zero-order valence-electron chi connectivity index (χ0n) is 17.4. The number of methoxy groups -OCH3 is 1. The molecule has 1 amide bonds. The molecule has 0 radical (unpaired) electrons. The van der Waals surface area contributed by atoms with E-state index in [2.05, 4.69) is 35.4 Å². The number of benzene rings is 2. The van der Waals surface area contributed by atoms with E-state index in [-0.39, 0.29) is 11.2 Å². The third-order valence-electron chi connectivity index (χ3n) is 4.68. The first kappa shape index (κ1) is 20.9. The quantitative estimate of drug-likeness (QED) is 0.571.